The first-order valence-corrected chi connectivity index (χ1v) is 12.5. The Morgan fingerprint density at radius 1 is 1.00 bits per heavy atom. The lowest BCUT2D eigenvalue weighted by molar-refractivity contribution is 0.267. The normalized spacial score (nSPS) is 24.2. The fraction of sp³-hybridized carbons (Fsp3) is 0.556. The molecular weight excluding hydrogens is 394 g/mol. The molecule has 1 aromatic carbocycles. The van der Waals surface area contributed by atoms with Crippen LogP contribution in [0.5, 0.6) is 0 Å². The first-order chi connectivity index (χ1) is 15.8. The summed E-state index contributed by atoms with van der Waals surface area (Å²) in [4.78, 5) is 17.2. The summed E-state index contributed by atoms with van der Waals surface area (Å²) in [6, 6.07) is 13.7. The van der Waals surface area contributed by atoms with Gasteiger partial charge in [0.15, 0.2) is 0 Å². The van der Waals surface area contributed by atoms with Crippen molar-refractivity contribution in [3.63, 3.8) is 0 Å². The van der Waals surface area contributed by atoms with Crippen molar-refractivity contribution >= 4 is 16.9 Å². The van der Waals surface area contributed by atoms with Crippen molar-refractivity contribution < 1.29 is 0 Å². The van der Waals surface area contributed by atoms with Gasteiger partial charge in [-0.15, -0.1) is 0 Å². The zero-order valence-electron chi connectivity index (χ0n) is 19.4. The Bertz CT molecular complexity index is 976. The molecule has 1 aliphatic heterocycles. The van der Waals surface area contributed by atoms with E-state index < -0.39 is 0 Å². The zero-order chi connectivity index (χ0) is 21.8. The van der Waals surface area contributed by atoms with Crippen LogP contribution in [0.25, 0.3) is 11.0 Å². The first kappa shape index (κ1) is 21.4. The Kier molecular flexibility index (Phi) is 6.72. The molecule has 32 heavy (non-hydrogen) atoms. The summed E-state index contributed by atoms with van der Waals surface area (Å²) in [5.74, 6) is 2.82. The van der Waals surface area contributed by atoms with Crippen LogP contribution in [0.1, 0.15) is 50.5 Å². The summed E-state index contributed by atoms with van der Waals surface area (Å²) in [6.07, 6.45) is 14.3. The van der Waals surface area contributed by atoms with Crippen LogP contribution in [0.3, 0.4) is 0 Å². The maximum Gasteiger partial charge on any atom is 0.142 e. The highest BCUT2D eigenvalue weighted by molar-refractivity contribution is 5.87. The van der Waals surface area contributed by atoms with Crippen LogP contribution in [0, 0.1) is 11.8 Å². The highest BCUT2D eigenvalue weighted by atomic mass is 15.2. The molecule has 170 valence electrons. The molecule has 3 aromatic rings. The number of aromatic amines is 1. The van der Waals surface area contributed by atoms with Crippen molar-refractivity contribution in [3.05, 3.63) is 54.5 Å². The molecule has 2 aromatic heterocycles. The van der Waals surface area contributed by atoms with Crippen molar-refractivity contribution in [2.24, 2.45) is 11.8 Å². The van der Waals surface area contributed by atoms with Crippen LogP contribution < -0.4 is 4.90 Å². The van der Waals surface area contributed by atoms with Crippen LogP contribution in [0.2, 0.25) is 0 Å². The average molecular weight is 432 g/mol. The van der Waals surface area contributed by atoms with Gasteiger partial charge in [-0.05, 0) is 87.9 Å². The number of aromatic nitrogens is 3. The Morgan fingerprint density at radius 3 is 2.69 bits per heavy atom. The average Bonchev–Trinajstić information content (AvgIpc) is 3.49. The molecule has 1 atom stereocenters. The van der Waals surface area contributed by atoms with Crippen molar-refractivity contribution in [2.75, 3.05) is 31.6 Å². The Balaban J connectivity index is 1.03. The largest absolute Gasteiger partial charge is 0.356 e. The van der Waals surface area contributed by atoms with Gasteiger partial charge in [-0.25, -0.2) is 9.97 Å². The van der Waals surface area contributed by atoms with E-state index in [1.165, 1.54) is 76.6 Å². The number of hydrogen-bond donors (Lipinski definition) is 1. The molecule has 3 heterocycles. The van der Waals surface area contributed by atoms with E-state index in [4.69, 9.17) is 0 Å². The van der Waals surface area contributed by atoms with Crippen LogP contribution in [0.4, 0.5) is 5.82 Å². The molecule has 5 rings (SSSR count). The van der Waals surface area contributed by atoms with Gasteiger partial charge in [0.1, 0.15) is 17.8 Å². The van der Waals surface area contributed by atoms with Gasteiger partial charge in [-0.2, -0.15) is 0 Å². The molecule has 5 heteroatoms. The van der Waals surface area contributed by atoms with Gasteiger partial charge in [0.05, 0.1) is 5.39 Å². The second-order valence-electron chi connectivity index (χ2n) is 10.0. The molecule has 1 unspecified atom stereocenters. The zero-order valence-corrected chi connectivity index (χ0v) is 19.4. The van der Waals surface area contributed by atoms with Crippen molar-refractivity contribution in [1.82, 2.24) is 19.9 Å². The molecule has 1 N–H and O–H groups in total. The molecule has 0 radical (unpaired) electrons. The van der Waals surface area contributed by atoms with Gasteiger partial charge in [0.25, 0.3) is 0 Å². The van der Waals surface area contributed by atoms with Crippen molar-refractivity contribution in [1.29, 1.82) is 0 Å². The van der Waals surface area contributed by atoms with Gasteiger partial charge < -0.3 is 14.8 Å². The molecule has 5 nitrogen and oxygen atoms in total. The molecule has 2 fully saturated rings. The van der Waals surface area contributed by atoms with E-state index in [0.29, 0.717) is 6.04 Å². The number of likely N-dealkylation sites (tertiary alicyclic amines) is 1. The lowest BCUT2D eigenvalue weighted by Gasteiger charge is -2.35. The van der Waals surface area contributed by atoms with Gasteiger partial charge in [-0.1, -0.05) is 30.3 Å². The summed E-state index contributed by atoms with van der Waals surface area (Å²) in [5, 5.41) is 1.13. The third kappa shape index (κ3) is 4.98. The standard InChI is InChI=1S/C27H37N5/c1-31(27-25-13-15-28-26(25)29-20-30-27)24-11-9-21(10-12-24)8-5-16-32-17-14-23(19-32)18-22-6-3-2-4-7-22/h2-4,6-7,13,15,20-21,23-24H,5,8-12,14,16-19H2,1H3,(H,28,29,30). The third-order valence-corrected chi connectivity index (χ3v) is 7.85. The fourth-order valence-electron chi connectivity index (χ4n) is 5.97. The Morgan fingerprint density at radius 2 is 1.84 bits per heavy atom. The van der Waals surface area contributed by atoms with Crippen molar-refractivity contribution in [2.45, 2.75) is 57.4 Å². The van der Waals surface area contributed by atoms with E-state index in [0.717, 1.165) is 28.7 Å². The summed E-state index contributed by atoms with van der Waals surface area (Å²) in [7, 11) is 2.21. The lowest BCUT2D eigenvalue weighted by atomic mass is 9.83. The van der Waals surface area contributed by atoms with E-state index in [-0.39, 0.29) is 0 Å². The number of hydrogen-bond acceptors (Lipinski definition) is 4. The predicted molar refractivity (Wildman–Crippen MR) is 132 cm³/mol. The molecule has 1 saturated heterocycles. The Labute approximate surface area is 192 Å². The minimum absolute atomic E-state index is 0.594. The summed E-state index contributed by atoms with van der Waals surface area (Å²) in [6.45, 7) is 3.87. The molecule has 2 aliphatic rings. The first-order valence-electron chi connectivity index (χ1n) is 12.5. The Hall–Kier alpha value is -2.40. The van der Waals surface area contributed by atoms with Gasteiger partial charge in [0, 0.05) is 25.8 Å². The predicted octanol–water partition coefficient (Wildman–Crippen LogP) is 5.30. The number of anilines is 1. The SMILES string of the molecule is CN(c1ncnc2[nH]ccc12)C1CCC(CCCN2CCC(Cc3ccccc3)C2)CC1. The fourth-order valence-corrected chi connectivity index (χ4v) is 5.97. The molecule has 1 aliphatic carbocycles. The second-order valence-corrected chi connectivity index (χ2v) is 10.0. The molecule has 0 spiro atoms. The molecular formula is C27H37N5. The minimum Gasteiger partial charge on any atom is -0.356 e. The van der Waals surface area contributed by atoms with Gasteiger partial charge in [-0.3, -0.25) is 0 Å². The molecule has 1 saturated carbocycles. The number of rotatable bonds is 8. The number of benzene rings is 1. The van der Waals surface area contributed by atoms with Crippen molar-refractivity contribution in [3.8, 4) is 0 Å². The topological polar surface area (TPSA) is 48.1 Å². The van der Waals surface area contributed by atoms with E-state index in [2.05, 4.69) is 68.2 Å². The summed E-state index contributed by atoms with van der Waals surface area (Å²) >= 11 is 0. The van der Waals surface area contributed by atoms with E-state index in [9.17, 15) is 0 Å². The number of nitrogens with zero attached hydrogens (tertiary/aromatic N) is 4. The monoisotopic (exact) mass is 431 g/mol. The third-order valence-electron chi connectivity index (χ3n) is 7.85. The second kappa shape index (κ2) is 10.0. The number of nitrogens with one attached hydrogen (secondary N) is 1. The van der Waals surface area contributed by atoms with E-state index >= 15 is 0 Å². The molecule has 0 bridgehead atoms. The number of H-pyrrole nitrogens is 1. The molecule has 0 amide bonds. The lowest BCUT2D eigenvalue weighted by Crippen LogP contribution is -2.36. The maximum atomic E-state index is 4.59. The number of fused-ring (bicyclic) bond motifs is 1. The quantitative estimate of drug-likeness (QED) is 0.526. The van der Waals surface area contributed by atoms with Crippen LogP contribution in [-0.2, 0) is 6.42 Å². The highest BCUT2D eigenvalue weighted by Crippen LogP contribution is 2.33. The summed E-state index contributed by atoms with van der Waals surface area (Å²) in [5.41, 5.74) is 2.43. The van der Waals surface area contributed by atoms with E-state index in [1.54, 1.807) is 6.33 Å². The van der Waals surface area contributed by atoms with Crippen LogP contribution in [0.15, 0.2) is 48.9 Å². The summed E-state index contributed by atoms with van der Waals surface area (Å²) < 4.78 is 0. The minimum atomic E-state index is 0.594. The van der Waals surface area contributed by atoms with Gasteiger partial charge in [0.2, 0.25) is 0 Å². The highest BCUT2D eigenvalue weighted by Gasteiger charge is 2.26. The maximum absolute atomic E-state index is 4.59. The van der Waals surface area contributed by atoms with Gasteiger partial charge >= 0.3 is 0 Å². The van der Waals surface area contributed by atoms with Crippen LogP contribution in [-0.4, -0.2) is 52.6 Å². The smallest absolute Gasteiger partial charge is 0.142 e. The van der Waals surface area contributed by atoms with E-state index in [1.807, 2.05) is 6.20 Å². The van der Waals surface area contributed by atoms with Crippen LogP contribution >= 0.6 is 0 Å².